The second kappa shape index (κ2) is 4.93. The van der Waals surface area contributed by atoms with Gasteiger partial charge in [0, 0.05) is 12.2 Å². The molecule has 0 spiro atoms. The van der Waals surface area contributed by atoms with E-state index in [9.17, 15) is 13.0 Å². The molecule has 0 aromatic heterocycles. The lowest BCUT2D eigenvalue weighted by molar-refractivity contribution is -0.904. The SMILES string of the molecule is O=S(=O)([O-])CCC[NH+]1CCCCC1. The third-order valence-electron chi connectivity index (χ3n) is 2.49. The van der Waals surface area contributed by atoms with E-state index in [2.05, 4.69) is 0 Å². The molecule has 1 fully saturated rings. The Balaban J connectivity index is 2.11. The second-order valence-electron chi connectivity index (χ2n) is 3.68. The molecule has 1 aliphatic heterocycles. The van der Waals surface area contributed by atoms with Crippen molar-refractivity contribution in [1.82, 2.24) is 0 Å². The van der Waals surface area contributed by atoms with Gasteiger partial charge in [-0.2, -0.15) is 0 Å². The molecule has 1 aliphatic rings. The molecule has 0 aliphatic carbocycles. The van der Waals surface area contributed by atoms with Crippen molar-refractivity contribution >= 4 is 10.1 Å². The lowest BCUT2D eigenvalue weighted by Gasteiger charge is -2.23. The molecular formula is C8H17NO3S. The zero-order valence-corrected chi connectivity index (χ0v) is 8.61. The lowest BCUT2D eigenvalue weighted by Crippen LogP contribution is -3.12. The van der Waals surface area contributed by atoms with Crippen molar-refractivity contribution in [3.05, 3.63) is 0 Å². The van der Waals surface area contributed by atoms with E-state index in [-0.39, 0.29) is 5.75 Å². The van der Waals surface area contributed by atoms with Crippen LogP contribution in [-0.4, -0.2) is 38.4 Å². The van der Waals surface area contributed by atoms with E-state index in [4.69, 9.17) is 0 Å². The summed E-state index contributed by atoms with van der Waals surface area (Å²) in [5, 5.41) is 0. The highest BCUT2D eigenvalue weighted by Gasteiger charge is 2.12. The predicted molar refractivity (Wildman–Crippen MR) is 48.6 cm³/mol. The third kappa shape index (κ3) is 5.23. The Bertz CT molecular complexity index is 232. The van der Waals surface area contributed by atoms with Crippen LogP contribution in [0, 0.1) is 0 Å². The molecule has 1 N–H and O–H groups in total. The molecule has 0 amide bonds. The minimum absolute atomic E-state index is 0.198. The maximum Gasteiger partial charge on any atom is 0.0948 e. The van der Waals surface area contributed by atoms with Gasteiger partial charge < -0.3 is 9.45 Å². The molecule has 0 saturated carbocycles. The number of piperidine rings is 1. The minimum atomic E-state index is -3.99. The van der Waals surface area contributed by atoms with E-state index in [1.165, 1.54) is 24.2 Å². The van der Waals surface area contributed by atoms with Crippen molar-refractivity contribution < 1.29 is 17.9 Å². The van der Waals surface area contributed by atoms with Crippen LogP contribution in [0.3, 0.4) is 0 Å². The van der Waals surface area contributed by atoms with Gasteiger partial charge in [-0.15, -0.1) is 0 Å². The monoisotopic (exact) mass is 207 g/mol. The van der Waals surface area contributed by atoms with Gasteiger partial charge in [0.2, 0.25) is 0 Å². The molecule has 1 heterocycles. The fourth-order valence-electron chi connectivity index (χ4n) is 1.80. The first-order valence-electron chi connectivity index (χ1n) is 4.85. The van der Waals surface area contributed by atoms with E-state index in [1.807, 2.05) is 0 Å². The Hall–Kier alpha value is -0.130. The van der Waals surface area contributed by atoms with Crippen molar-refractivity contribution in [3.8, 4) is 0 Å². The first-order chi connectivity index (χ1) is 6.08. The zero-order chi connectivity index (χ0) is 9.73. The van der Waals surface area contributed by atoms with Crippen molar-refractivity contribution in [3.63, 3.8) is 0 Å². The quantitative estimate of drug-likeness (QED) is 0.601. The van der Waals surface area contributed by atoms with Gasteiger partial charge in [-0.05, 0) is 19.3 Å². The molecule has 0 unspecified atom stereocenters. The van der Waals surface area contributed by atoms with E-state index < -0.39 is 10.1 Å². The molecule has 1 saturated heterocycles. The number of rotatable bonds is 4. The van der Waals surface area contributed by atoms with Crippen LogP contribution in [-0.2, 0) is 10.1 Å². The average molecular weight is 207 g/mol. The van der Waals surface area contributed by atoms with Crippen molar-refractivity contribution in [1.29, 1.82) is 0 Å². The van der Waals surface area contributed by atoms with Crippen molar-refractivity contribution in [2.75, 3.05) is 25.4 Å². The standard InChI is InChI=1S/C8H17NO3S/c10-13(11,12)8-4-7-9-5-2-1-3-6-9/h1-8H2,(H,10,11,12). The number of hydrogen-bond acceptors (Lipinski definition) is 3. The first kappa shape index (κ1) is 10.9. The summed E-state index contributed by atoms with van der Waals surface area (Å²) in [5.41, 5.74) is 0. The molecule has 4 nitrogen and oxygen atoms in total. The summed E-state index contributed by atoms with van der Waals surface area (Å²) in [6, 6.07) is 0. The van der Waals surface area contributed by atoms with Gasteiger partial charge in [0.25, 0.3) is 0 Å². The smallest absolute Gasteiger partial charge is 0.0948 e. The Morgan fingerprint density at radius 1 is 1.15 bits per heavy atom. The van der Waals surface area contributed by atoms with Gasteiger partial charge in [0.1, 0.15) is 0 Å². The molecule has 0 bridgehead atoms. The van der Waals surface area contributed by atoms with Gasteiger partial charge in [-0.1, -0.05) is 0 Å². The van der Waals surface area contributed by atoms with Crippen LogP contribution >= 0.6 is 0 Å². The zero-order valence-electron chi connectivity index (χ0n) is 7.79. The van der Waals surface area contributed by atoms with Gasteiger partial charge in [-0.3, -0.25) is 0 Å². The van der Waals surface area contributed by atoms with E-state index in [1.54, 1.807) is 0 Å². The molecule has 0 atom stereocenters. The highest BCUT2D eigenvalue weighted by atomic mass is 32.2. The fourth-order valence-corrected chi connectivity index (χ4v) is 2.30. The molecule has 78 valence electrons. The molecule has 0 radical (unpaired) electrons. The van der Waals surface area contributed by atoms with Crippen molar-refractivity contribution in [2.24, 2.45) is 0 Å². The fraction of sp³-hybridized carbons (Fsp3) is 1.00. The van der Waals surface area contributed by atoms with Crippen LogP contribution < -0.4 is 4.90 Å². The van der Waals surface area contributed by atoms with E-state index >= 15 is 0 Å². The molecule has 5 heteroatoms. The maximum atomic E-state index is 10.3. The normalized spacial score (nSPS) is 20.4. The summed E-state index contributed by atoms with van der Waals surface area (Å²) in [4.78, 5) is 1.45. The summed E-state index contributed by atoms with van der Waals surface area (Å²) in [6.07, 6.45) is 4.28. The van der Waals surface area contributed by atoms with Gasteiger partial charge in [0.15, 0.2) is 0 Å². The second-order valence-corrected chi connectivity index (χ2v) is 5.20. The van der Waals surface area contributed by atoms with E-state index in [0.717, 1.165) is 19.6 Å². The van der Waals surface area contributed by atoms with Crippen LogP contribution in [0.25, 0.3) is 0 Å². The summed E-state index contributed by atoms with van der Waals surface area (Å²) in [7, 11) is -3.99. The summed E-state index contributed by atoms with van der Waals surface area (Å²) in [6.45, 7) is 3.11. The Morgan fingerprint density at radius 2 is 1.77 bits per heavy atom. The number of nitrogens with one attached hydrogen (secondary N) is 1. The summed E-state index contributed by atoms with van der Waals surface area (Å²) < 4.78 is 30.9. The Kier molecular flexibility index (Phi) is 4.15. The molecule has 1 rings (SSSR count). The van der Waals surface area contributed by atoms with Gasteiger partial charge >= 0.3 is 0 Å². The Labute approximate surface area is 79.7 Å². The third-order valence-corrected chi connectivity index (χ3v) is 3.27. The van der Waals surface area contributed by atoms with Gasteiger partial charge in [-0.25, -0.2) is 8.42 Å². The summed E-state index contributed by atoms with van der Waals surface area (Å²) >= 11 is 0. The van der Waals surface area contributed by atoms with E-state index in [0.29, 0.717) is 6.42 Å². The van der Waals surface area contributed by atoms with Crippen molar-refractivity contribution in [2.45, 2.75) is 25.7 Å². The largest absolute Gasteiger partial charge is 0.748 e. The topological polar surface area (TPSA) is 61.6 Å². The highest BCUT2D eigenvalue weighted by molar-refractivity contribution is 7.85. The predicted octanol–water partition coefficient (Wildman–Crippen LogP) is -1.01. The lowest BCUT2D eigenvalue weighted by atomic mass is 10.1. The van der Waals surface area contributed by atoms with Crippen LogP contribution in [0.15, 0.2) is 0 Å². The first-order valence-corrected chi connectivity index (χ1v) is 6.43. The molecule has 0 aromatic carbocycles. The van der Waals surface area contributed by atoms with Crippen LogP contribution in [0.1, 0.15) is 25.7 Å². The highest BCUT2D eigenvalue weighted by Crippen LogP contribution is 1.94. The van der Waals surface area contributed by atoms with Crippen LogP contribution in [0.5, 0.6) is 0 Å². The molecular weight excluding hydrogens is 190 g/mol. The van der Waals surface area contributed by atoms with Gasteiger partial charge in [0.05, 0.1) is 29.8 Å². The molecule has 0 aromatic rings. The van der Waals surface area contributed by atoms with Crippen LogP contribution in [0.4, 0.5) is 0 Å². The van der Waals surface area contributed by atoms with Crippen LogP contribution in [0.2, 0.25) is 0 Å². The number of quaternary nitrogens is 1. The number of likely N-dealkylation sites (tertiary alicyclic amines) is 1. The summed E-state index contributed by atoms with van der Waals surface area (Å²) in [5.74, 6) is -0.198. The number of hydrogen-bond donors (Lipinski definition) is 1. The molecule has 13 heavy (non-hydrogen) atoms. The minimum Gasteiger partial charge on any atom is -0.748 e. The maximum absolute atomic E-state index is 10.3. The Morgan fingerprint density at radius 3 is 2.31 bits per heavy atom. The average Bonchev–Trinajstić information content (AvgIpc) is 2.04.